The van der Waals surface area contributed by atoms with Crippen molar-refractivity contribution in [2.75, 3.05) is 0 Å². The van der Waals surface area contributed by atoms with E-state index in [0.717, 1.165) is 6.07 Å². The van der Waals surface area contributed by atoms with Gasteiger partial charge in [0.2, 0.25) is 0 Å². The molecule has 0 saturated heterocycles. The van der Waals surface area contributed by atoms with Crippen LogP contribution in [-0.4, -0.2) is 27.4 Å². The number of alkyl halides is 6. The zero-order valence-electron chi connectivity index (χ0n) is 18.1. The molecule has 2 N–H and O–H groups in total. The first-order valence-electron chi connectivity index (χ1n) is 10.4. The van der Waals surface area contributed by atoms with Gasteiger partial charge in [-0.25, -0.2) is 9.37 Å². The van der Waals surface area contributed by atoms with Gasteiger partial charge in [0.15, 0.2) is 0 Å². The Kier molecular flexibility index (Phi) is 5.28. The van der Waals surface area contributed by atoms with Crippen molar-refractivity contribution in [3.8, 4) is 11.4 Å². The third-order valence-electron chi connectivity index (χ3n) is 6.15. The molecule has 0 aliphatic carbocycles. The summed E-state index contributed by atoms with van der Waals surface area (Å²) in [4.78, 5) is 7.40. The average molecular weight is 527 g/mol. The van der Waals surface area contributed by atoms with Crippen molar-refractivity contribution in [1.29, 1.82) is 0 Å². The van der Waals surface area contributed by atoms with Crippen LogP contribution in [-0.2, 0) is 5.60 Å². The van der Waals surface area contributed by atoms with E-state index in [-0.39, 0.29) is 32.7 Å². The van der Waals surface area contributed by atoms with Crippen LogP contribution in [0.15, 0.2) is 54.6 Å². The number of aromatic amines is 1. The molecule has 5 aromatic rings. The molecule has 186 valence electrons. The largest absolute Gasteiger partial charge is 0.430 e. The molecule has 0 saturated carbocycles. The minimum Gasteiger partial charge on any atom is -0.369 e. The molecule has 0 unspecified atom stereocenters. The Bertz CT molecular complexity index is 1640. The van der Waals surface area contributed by atoms with Crippen LogP contribution < -0.4 is 0 Å². The second-order valence-electron chi connectivity index (χ2n) is 8.42. The zero-order valence-corrected chi connectivity index (χ0v) is 18.9. The van der Waals surface area contributed by atoms with E-state index >= 15 is 0 Å². The molecule has 0 spiro atoms. The summed E-state index contributed by atoms with van der Waals surface area (Å²) in [5.41, 5.74) is -5.25. The van der Waals surface area contributed by atoms with Gasteiger partial charge in [-0.2, -0.15) is 26.3 Å². The number of hydrogen-bond donors (Lipinski definition) is 2. The van der Waals surface area contributed by atoms with E-state index in [1.54, 1.807) is 25.1 Å². The summed E-state index contributed by atoms with van der Waals surface area (Å²) >= 11 is 6.16. The summed E-state index contributed by atoms with van der Waals surface area (Å²) in [5.74, 6) is -0.637. The molecule has 0 amide bonds. The summed E-state index contributed by atoms with van der Waals surface area (Å²) in [6.07, 6.45) is -12.1. The van der Waals surface area contributed by atoms with Crippen LogP contribution in [0.1, 0.15) is 11.1 Å². The van der Waals surface area contributed by atoms with Gasteiger partial charge in [-0.05, 0) is 35.9 Å². The van der Waals surface area contributed by atoms with E-state index in [1.807, 2.05) is 0 Å². The molecule has 0 aliphatic heterocycles. The molecule has 0 atom stereocenters. The molecule has 0 bridgehead atoms. The molecular formula is C25H14ClF7N2O. The Labute approximate surface area is 203 Å². The van der Waals surface area contributed by atoms with Crippen LogP contribution in [0.25, 0.3) is 44.0 Å². The number of imidazole rings is 1. The van der Waals surface area contributed by atoms with Gasteiger partial charge in [0.25, 0.3) is 5.60 Å². The molecule has 3 nitrogen and oxygen atoms in total. The van der Waals surface area contributed by atoms with E-state index in [2.05, 4.69) is 9.97 Å². The number of nitrogens with zero attached hydrogens (tertiary/aromatic N) is 1. The Balaban J connectivity index is 1.91. The molecule has 0 aliphatic rings. The standard InChI is InChI=1S/C25H14ClF7N2O/c1-11-5-7-13-15(9-11)16-10-12(23(36,24(28,29)30)25(31,32)33)6-8-14(16)21-20(13)34-22(35-21)19-17(26)3-2-4-18(19)27/h2-10,36H,1H3,(H,34,35). The summed E-state index contributed by atoms with van der Waals surface area (Å²) < 4.78 is 95.9. The van der Waals surface area contributed by atoms with Crippen molar-refractivity contribution in [3.63, 3.8) is 0 Å². The Morgan fingerprint density at radius 3 is 2.11 bits per heavy atom. The fourth-order valence-electron chi connectivity index (χ4n) is 4.39. The third-order valence-corrected chi connectivity index (χ3v) is 6.47. The highest BCUT2D eigenvalue weighted by Crippen LogP contribution is 2.51. The summed E-state index contributed by atoms with van der Waals surface area (Å²) in [6, 6.07) is 11.2. The number of aliphatic hydroxyl groups is 1. The molecule has 0 fully saturated rings. The highest BCUT2D eigenvalue weighted by atomic mass is 35.5. The number of halogens is 8. The minimum atomic E-state index is -6.03. The van der Waals surface area contributed by atoms with Crippen molar-refractivity contribution in [3.05, 3.63) is 76.6 Å². The first kappa shape index (κ1) is 24.3. The number of nitrogens with one attached hydrogen (secondary N) is 1. The van der Waals surface area contributed by atoms with E-state index in [9.17, 15) is 35.8 Å². The van der Waals surface area contributed by atoms with Crippen molar-refractivity contribution >= 4 is 44.2 Å². The lowest BCUT2D eigenvalue weighted by molar-refractivity contribution is -0.376. The van der Waals surface area contributed by atoms with Gasteiger partial charge in [-0.15, -0.1) is 0 Å². The number of aromatic nitrogens is 2. The molecule has 1 aromatic heterocycles. The fraction of sp³-hybridized carbons (Fsp3) is 0.160. The van der Waals surface area contributed by atoms with Crippen LogP contribution >= 0.6 is 11.6 Å². The Morgan fingerprint density at radius 1 is 0.833 bits per heavy atom. The summed E-state index contributed by atoms with van der Waals surface area (Å²) in [5, 5.41) is 10.9. The van der Waals surface area contributed by atoms with Crippen molar-refractivity contribution in [2.45, 2.75) is 24.9 Å². The molecule has 1 heterocycles. The summed E-state index contributed by atoms with van der Waals surface area (Å²) in [7, 11) is 0. The Hall–Kier alpha value is -3.37. The lowest BCUT2D eigenvalue weighted by atomic mass is 9.88. The second-order valence-corrected chi connectivity index (χ2v) is 8.83. The average Bonchev–Trinajstić information content (AvgIpc) is 3.21. The molecule has 5 rings (SSSR count). The van der Waals surface area contributed by atoms with Gasteiger partial charge in [0, 0.05) is 16.3 Å². The third kappa shape index (κ3) is 3.42. The van der Waals surface area contributed by atoms with E-state index < -0.39 is 29.3 Å². The molecule has 36 heavy (non-hydrogen) atoms. The zero-order chi connectivity index (χ0) is 26.2. The van der Waals surface area contributed by atoms with Gasteiger partial charge in [-0.1, -0.05) is 53.6 Å². The number of benzene rings is 4. The highest BCUT2D eigenvalue weighted by molar-refractivity contribution is 6.33. The van der Waals surface area contributed by atoms with Gasteiger partial charge < -0.3 is 10.1 Å². The first-order valence-corrected chi connectivity index (χ1v) is 10.8. The maximum atomic E-state index is 14.6. The van der Waals surface area contributed by atoms with Crippen LogP contribution in [0, 0.1) is 12.7 Å². The smallest absolute Gasteiger partial charge is 0.369 e. The SMILES string of the molecule is Cc1ccc2c(c1)c1cc(C(O)(C(F)(F)F)C(F)(F)F)ccc1c1nc(-c3c(F)cccc3Cl)[nH]c21. The molecule has 4 aromatic carbocycles. The van der Waals surface area contributed by atoms with Crippen LogP contribution in [0.2, 0.25) is 5.02 Å². The minimum absolute atomic E-state index is 0.00306. The van der Waals surface area contributed by atoms with Crippen LogP contribution in [0.5, 0.6) is 0 Å². The number of fused-ring (bicyclic) bond motifs is 6. The van der Waals surface area contributed by atoms with E-state index in [1.165, 1.54) is 18.2 Å². The monoisotopic (exact) mass is 526 g/mol. The van der Waals surface area contributed by atoms with Gasteiger partial charge in [-0.3, -0.25) is 0 Å². The van der Waals surface area contributed by atoms with Gasteiger partial charge in [0.1, 0.15) is 11.6 Å². The summed E-state index contributed by atoms with van der Waals surface area (Å²) in [6.45, 7) is 1.71. The van der Waals surface area contributed by atoms with E-state index in [4.69, 9.17) is 11.6 Å². The number of H-pyrrole nitrogens is 1. The number of rotatable bonds is 2. The highest BCUT2D eigenvalue weighted by Gasteiger charge is 2.71. The fourth-order valence-corrected chi connectivity index (χ4v) is 4.64. The second kappa shape index (κ2) is 7.81. The first-order chi connectivity index (χ1) is 16.7. The van der Waals surface area contributed by atoms with Gasteiger partial charge in [0.05, 0.1) is 21.6 Å². The number of hydrogen-bond acceptors (Lipinski definition) is 2. The normalized spacial score (nSPS) is 13.3. The van der Waals surface area contributed by atoms with Crippen LogP contribution in [0.3, 0.4) is 0 Å². The molecule has 11 heteroatoms. The maximum absolute atomic E-state index is 14.6. The lowest BCUT2D eigenvalue weighted by Crippen LogP contribution is -2.53. The maximum Gasteiger partial charge on any atom is 0.430 e. The predicted molar refractivity (Wildman–Crippen MR) is 122 cm³/mol. The van der Waals surface area contributed by atoms with Crippen molar-refractivity contribution in [2.24, 2.45) is 0 Å². The molecule has 0 radical (unpaired) electrons. The lowest BCUT2D eigenvalue weighted by Gasteiger charge is -2.32. The Morgan fingerprint density at radius 2 is 1.47 bits per heavy atom. The quantitative estimate of drug-likeness (QED) is 0.181. The van der Waals surface area contributed by atoms with Crippen molar-refractivity contribution < 1.29 is 35.8 Å². The number of aryl methyl sites for hydroxylation is 1. The topological polar surface area (TPSA) is 48.9 Å². The van der Waals surface area contributed by atoms with Gasteiger partial charge >= 0.3 is 12.4 Å². The predicted octanol–water partition coefficient (Wildman–Crippen LogP) is 7.95. The van der Waals surface area contributed by atoms with Crippen molar-refractivity contribution in [1.82, 2.24) is 9.97 Å². The molecular weight excluding hydrogens is 513 g/mol. The van der Waals surface area contributed by atoms with E-state index in [0.29, 0.717) is 34.0 Å². The van der Waals surface area contributed by atoms with Crippen LogP contribution in [0.4, 0.5) is 30.7 Å².